The Bertz CT molecular complexity index is 1180. The highest BCUT2D eigenvalue weighted by atomic mass is 32.1. The molecular formula is C24H24N4O2S. The van der Waals surface area contributed by atoms with Crippen LogP contribution < -0.4 is 10.6 Å². The Kier molecular flexibility index (Phi) is 5.86. The molecule has 3 heterocycles. The molecule has 1 amide bonds. The van der Waals surface area contributed by atoms with Crippen LogP contribution in [0.3, 0.4) is 0 Å². The van der Waals surface area contributed by atoms with Crippen LogP contribution in [0.25, 0.3) is 0 Å². The molecule has 0 saturated carbocycles. The maximum Gasteiger partial charge on any atom is 0.291 e. The summed E-state index contributed by atoms with van der Waals surface area (Å²) in [5, 5.41) is 7.32. The summed E-state index contributed by atoms with van der Waals surface area (Å²) in [6.45, 7) is 8.03. The van der Waals surface area contributed by atoms with Gasteiger partial charge in [-0.05, 0) is 57.0 Å². The van der Waals surface area contributed by atoms with Gasteiger partial charge in [0.15, 0.2) is 5.76 Å². The van der Waals surface area contributed by atoms with Crippen LogP contribution >= 0.6 is 11.3 Å². The third-order valence-electron chi connectivity index (χ3n) is 5.08. The summed E-state index contributed by atoms with van der Waals surface area (Å²) in [5.41, 5.74) is 4.96. The molecule has 6 nitrogen and oxygen atoms in total. The van der Waals surface area contributed by atoms with Crippen LogP contribution in [0.5, 0.6) is 0 Å². The minimum atomic E-state index is -0.276. The lowest BCUT2D eigenvalue weighted by Crippen LogP contribution is -2.18. The van der Waals surface area contributed by atoms with Crippen molar-refractivity contribution in [1.29, 1.82) is 0 Å². The van der Waals surface area contributed by atoms with Crippen molar-refractivity contribution in [3.63, 3.8) is 0 Å². The van der Waals surface area contributed by atoms with E-state index in [9.17, 15) is 4.79 Å². The average molecular weight is 433 g/mol. The first-order valence-electron chi connectivity index (χ1n) is 10.0. The van der Waals surface area contributed by atoms with E-state index < -0.39 is 0 Å². The fraction of sp³-hybridized carbons (Fsp3) is 0.208. The van der Waals surface area contributed by atoms with Crippen molar-refractivity contribution in [3.8, 4) is 0 Å². The molecule has 0 spiro atoms. The molecule has 7 heteroatoms. The molecule has 158 valence electrons. The number of amides is 1. The van der Waals surface area contributed by atoms with Crippen LogP contribution in [-0.2, 0) is 0 Å². The number of aromatic nitrogens is 2. The number of nitrogens with one attached hydrogen (secondary N) is 2. The monoisotopic (exact) mass is 432 g/mol. The van der Waals surface area contributed by atoms with Crippen molar-refractivity contribution in [2.24, 2.45) is 0 Å². The Labute approximate surface area is 185 Å². The maximum atomic E-state index is 12.7. The Balaban J connectivity index is 1.78. The van der Waals surface area contributed by atoms with Crippen LogP contribution in [-0.4, -0.2) is 15.9 Å². The minimum Gasteiger partial charge on any atom is -0.459 e. The first-order chi connectivity index (χ1) is 14.9. The maximum absolute atomic E-state index is 12.7. The standard InChI is InChI=1S/C24H24N4O2S/c1-14-13-15(2)26-24(25-14)27-21(18-9-6-5-7-10-18)20-16(3)17(4)31-23(20)28-22(29)19-11-8-12-30-19/h5-13,21H,1-4H3,(H,28,29)(H,25,26,27)/t21-/m0/s1. The molecule has 31 heavy (non-hydrogen) atoms. The van der Waals surface area contributed by atoms with E-state index in [1.54, 1.807) is 23.5 Å². The number of aryl methyl sites for hydroxylation is 3. The molecule has 0 aliphatic carbocycles. The number of anilines is 2. The molecule has 2 N–H and O–H groups in total. The number of thiophene rings is 1. The lowest BCUT2D eigenvalue weighted by Gasteiger charge is -2.22. The Morgan fingerprint density at radius 2 is 1.71 bits per heavy atom. The minimum absolute atomic E-state index is 0.237. The van der Waals surface area contributed by atoms with Crippen LogP contribution in [0.2, 0.25) is 0 Å². The highest BCUT2D eigenvalue weighted by Crippen LogP contribution is 2.40. The first kappa shape index (κ1) is 20.8. The molecule has 0 fully saturated rings. The number of benzene rings is 1. The summed E-state index contributed by atoms with van der Waals surface area (Å²) in [7, 11) is 0. The van der Waals surface area contributed by atoms with Gasteiger partial charge in [-0.1, -0.05) is 30.3 Å². The summed E-state index contributed by atoms with van der Waals surface area (Å²) in [6.07, 6.45) is 1.49. The third-order valence-corrected chi connectivity index (χ3v) is 6.22. The van der Waals surface area contributed by atoms with Gasteiger partial charge in [0.25, 0.3) is 5.91 Å². The zero-order chi connectivity index (χ0) is 22.0. The smallest absolute Gasteiger partial charge is 0.291 e. The van der Waals surface area contributed by atoms with Gasteiger partial charge in [0.2, 0.25) is 5.95 Å². The highest BCUT2D eigenvalue weighted by molar-refractivity contribution is 7.16. The second-order valence-corrected chi connectivity index (χ2v) is 8.64. The number of hydrogen-bond donors (Lipinski definition) is 2. The highest BCUT2D eigenvalue weighted by Gasteiger charge is 2.26. The molecule has 4 rings (SSSR count). The number of nitrogens with zero attached hydrogens (tertiary/aromatic N) is 2. The van der Waals surface area contributed by atoms with Gasteiger partial charge in [0.1, 0.15) is 5.00 Å². The van der Waals surface area contributed by atoms with Gasteiger partial charge in [-0.2, -0.15) is 0 Å². The first-order valence-corrected chi connectivity index (χ1v) is 10.8. The van der Waals surface area contributed by atoms with E-state index in [1.807, 2.05) is 38.1 Å². The Hall–Kier alpha value is -3.45. The molecule has 4 aromatic rings. The van der Waals surface area contributed by atoms with Crippen molar-refractivity contribution >= 4 is 28.2 Å². The molecule has 3 aromatic heterocycles. The van der Waals surface area contributed by atoms with Gasteiger partial charge in [-0.3, -0.25) is 4.79 Å². The van der Waals surface area contributed by atoms with Crippen molar-refractivity contribution in [2.75, 3.05) is 10.6 Å². The van der Waals surface area contributed by atoms with Crippen molar-refractivity contribution in [1.82, 2.24) is 9.97 Å². The molecule has 1 aromatic carbocycles. The summed E-state index contributed by atoms with van der Waals surface area (Å²) in [4.78, 5) is 23.0. The summed E-state index contributed by atoms with van der Waals surface area (Å²) in [5.74, 6) is 0.552. The largest absolute Gasteiger partial charge is 0.459 e. The molecule has 0 aliphatic heterocycles. The van der Waals surface area contributed by atoms with E-state index >= 15 is 0 Å². The lowest BCUT2D eigenvalue weighted by molar-refractivity contribution is 0.0997. The average Bonchev–Trinajstić information content (AvgIpc) is 3.36. The van der Waals surface area contributed by atoms with Crippen LogP contribution in [0.4, 0.5) is 10.9 Å². The van der Waals surface area contributed by atoms with Gasteiger partial charge in [-0.25, -0.2) is 9.97 Å². The van der Waals surface area contributed by atoms with E-state index in [4.69, 9.17) is 4.42 Å². The number of hydrogen-bond acceptors (Lipinski definition) is 6. The summed E-state index contributed by atoms with van der Waals surface area (Å²) >= 11 is 1.55. The summed E-state index contributed by atoms with van der Waals surface area (Å²) < 4.78 is 5.27. The van der Waals surface area contributed by atoms with Gasteiger partial charge in [-0.15, -0.1) is 11.3 Å². The fourth-order valence-corrected chi connectivity index (χ4v) is 4.64. The van der Waals surface area contributed by atoms with Crippen LogP contribution in [0.1, 0.15) is 49.6 Å². The van der Waals surface area contributed by atoms with Gasteiger partial charge < -0.3 is 15.1 Å². The fourth-order valence-electron chi connectivity index (χ4n) is 3.54. The van der Waals surface area contributed by atoms with Gasteiger partial charge >= 0.3 is 0 Å². The van der Waals surface area contributed by atoms with Crippen LogP contribution in [0.15, 0.2) is 59.2 Å². The van der Waals surface area contributed by atoms with E-state index in [-0.39, 0.29) is 17.7 Å². The second kappa shape index (κ2) is 8.73. The van der Waals surface area contributed by atoms with Crippen molar-refractivity contribution in [2.45, 2.75) is 33.7 Å². The quantitative estimate of drug-likeness (QED) is 0.401. The van der Waals surface area contributed by atoms with Crippen molar-refractivity contribution in [3.05, 3.63) is 93.5 Å². The van der Waals surface area contributed by atoms with E-state index in [1.165, 1.54) is 6.26 Å². The molecule has 0 aliphatic rings. The number of carbonyl (C=O) groups excluding carboxylic acids is 1. The van der Waals surface area contributed by atoms with Crippen molar-refractivity contribution < 1.29 is 9.21 Å². The zero-order valence-corrected chi connectivity index (χ0v) is 18.7. The van der Waals surface area contributed by atoms with Crippen LogP contribution in [0, 0.1) is 27.7 Å². The topological polar surface area (TPSA) is 80.0 Å². The summed E-state index contributed by atoms with van der Waals surface area (Å²) in [6, 6.07) is 15.2. The third kappa shape index (κ3) is 4.51. The number of carbonyl (C=O) groups is 1. The Morgan fingerprint density at radius 3 is 2.35 bits per heavy atom. The zero-order valence-electron chi connectivity index (χ0n) is 17.9. The lowest BCUT2D eigenvalue weighted by atomic mass is 9.96. The number of rotatable bonds is 6. The second-order valence-electron chi connectivity index (χ2n) is 7.42. The van der Waals surface area contributed by atoms with E-state index in [0.717, 1.165) is 38.0 Å². The molecule has 0 bridgehead atoms. The van der Waals surface area contributed by atoms with E-state index in [0.29, 0.717) is 5.95 Å². The molecular weight excluding hydrogens is 408 g/mol. The van der Waals surface area contributed by atoms with Gasteiger partial charge in [0.05, 0.1) is 12.3 Å². The molecule has 0 unspecified atom stereocenters. The Morgan fingerprint density at radius 1 is 1.00 bits per heavy atom. The van der Waals surface area contributed by atoms with Gasteiger partial charge in [0, 0.05) is 21.8 Å². The predicted octanol–water partition coefficient (Wildman–Crippen LogP) is 5.82. The number of furan rings is 1. The molecule has 0 saturated heterocycles. The molecule has 1 atom stereocenters. The predicted molar refractivity (Wildman–Crippen MR) is 124 cm³/mol. The van der Waals surface area contributed by atoms with E-state index in [2.05, 4.69) is 46.6 Å². The molecule has 0 radical (unpaired) electrons. The normalized spacial score (nSPS) is 11.9. The SMILES string of the molecule is Cc1cc(C)nc(N[C@@H](c2ccccc2)c2c(NC(=O)c3ccco3)sc(C)c2C)n1.